The molecule has 0 spiro atoms. The number of amides is 2. The molecule has 1 aromatic carbocycles. The van der Waals surface area contributed by atoms with Crippen LogP contribution in [0.25, 0.3) is 0 Å². The predicted octanol–water partition coefficient (Wildman–Crippen LogP) is 0.423. The highest BCUT2D eigenvalue weighted by molar-refractivity contribution is 5.78. The Balaban J connectivity index is 2.34. The maximum Gasteiger partial charge on any atom is 0.234 e. The number of hydrogen-bond donors (Lipinski definition) is 4. The molecule has 7 heteroatoms. The third-order valence-electron chi connectivity index (χ3n) is 2.85. The molecule has 0 saturated carbocycles. The van der Waals surface area contributed by atoms with Crippen LogP contribution in [0.5, 0.6) is 11.5 Å². The van der Waals surface area contributed by atoms with Crippen molar-refractivity contribution in [2.24, 2.45) is 11.7 Å². The van der Waals surface area contributed by atoms with Gasteiger partial charge < -0.3 is 15.6 Å². The van der Waals surface area contributed by atoms with Gasteiger partial charge in [0.2, 0.25) is 11.8 Å². The minimum absolute atomic E-state index is 0.0400. The van der Waals surface area contributed by atoms with Crippen LogP contribution in [0, 0.1) is 5.92 Å². The van der Waals surface area contributed by atoms with Gasteiger partial charge in [-0.05, 0) is 23.6 Å². The number of methoxy groups -OCH3 is 1. The lowest BCUT2D eigenvalue weighted by molar-refractivity contribution is -0.123. The van der Waals surface area contributed by atoms with Crippen molar-refractivity contribution < 1.29 is 19.4 Å². The molecule has 1 rings (SSSR count). The van der Waals surface area contributed by atoms with Crippen molar-refractivity contribution in [2.45, 2.75) is 26.3 Å². The number of hydrazine groups is 1. The van der Waals surface area contributed by atoms with E-state index in [2.05, 4.69) is 10.9 Å². The number of carbonyl (C=O) groups excluding carboxylic acids is 2. The summed E-state index contributed by atoms with van der Waals surface area (Å²) in [5.41, 5.74) is 11.1. The fraction of sp³-hybridized carbons (Fsp3) is 0.429. The van der Waals surface area contributed by atoms with Gasteiger partial charge in [-0.15, -0.1) is 0 Å². The molecule has 1 atom stereocenters. The van der Waals surface area contributed by atoms with Gasteiger partial charge in [0.15, 0.2) is 11.5 Å². The van der Waals surface area contributed by atoms with E-state index < -0.39 is 5.91 Å². The second-order valence-electron chi connectivity index (χ2n) is 4.89. The standard InChI is InChI=1S/C14H21N3O4/c1-9(5-13(15)19)6-14(20)17-16-8-10-3-4-12(21-2)11(18)7-10/h3-4,7,9,16,18H,5-6,8H2,1-2H3,(H2,15,19)(H,17,20)/t9-/m1/s1. The van der Waals surface area contributed by atoms with Crippen molar-refractivity contribution in [3.8, 4) is 11.5 Å². The number of phenols is 1. The molecule has 0 heterocycles. The average molecular weight is 295 g/mol. The third-order valence-corrected chi connectivity index (χ3v) is 2.85. The van der Waals surface area contributed by atoms with Gasteiger partial charge in [0.05, 0.1) is 7.11 Å². The number of primary amides is 1. The lowest BCUT2D eigenvalue weighted by Gasteiger charge is -2.11. The summed E-state index contributed by atoms with van der Waals surface area (Å²) in [5, 5.41) is 9.62. The normalized spacial score (nSPS) is 11.7. The van der Waals surface area contributed by atoms with E-state index in [1.54, 1.807) is 25.1 Å². The summed E-state index contributed by atoms with van der Waals surface area (Å²) in [4.78, 5) is 22.3. The quantitative estimate of drug-likeness (QED) is 0.519. The lowest BCUT2D eigenvalue weighted by atomic mass is 10.0. The van der Waals surface area contributed by atoms with Crippen molar-refractivity contribution >= 4 is 11.8 Å². The number of nitrogens with two attached hydrogens (primary N) is 1. The van der Waals surface area contributed by atoms with E-state index in [0.717, 1.165) is 5.56 Å². The van der Waals surface area contributed by atoms with Crippen molar-refractivity contribution in [3.63, 3.8) is 0 Å². The minimum Gasteiger partial charge on any atom is -0.504 e. The van der Waals surface area contributed by atoms with Gasteiger partial charge in [0, 0.05) is 19.4 Å². The van der Waals surface area contributed by atoms with Crippen molar-refractivity contribution in [1.82, 2.24) is 10.9 Å². The van der Waals surface area contributed by atoms with E-state index in [9.17, 15) is 14.7 Å². The van der Waals surface area contributed by atoms with Gasteiger partial charge in [0.25, 0.3) is 0 Å². The van der Waals surface area contributed by atoms with Crippen LogP contribution in [0.15, 0.2) is 18.2 Å². The number of rotatable bonds is 8. The van der Waals surface area contributed by atoms with Crippen LogP contribution < -0.4 is 21.3 Å². The highest BCUT2D eigenvalue weighted by Gasteiger charge is 2.11. The van der Waals surface area contributed by atoms with Crippen LogP contribution >= 0.6 is 0 Å². The third kappa shape index (κ3) is 6.13. The molecule has 0 fully saturated rings. The predicted molar refractivity (Wildman–Crippen MR) is 77.2 cm³/mol. The van der Waals surface area contributed by atoms with Crippen LogP contribution in [0.3, 0.4) is 0 Å². The number of carbonyl (C=O) groups is 2. The van der Waals surface area contributed by atoms with Crippen LogP contribution in [0.2, 0.25) is 0 Å². The van der Waals surface area contributed by atoms with Gasteiger partial charge >= 0.3 is 0 Å². The van der Waals surface area contributed by atoms with Gasteiger partial charge in [-0.3, -0.25) is 15.0 Å². The Morgan fingerprint density at radius 1 is 1.38 bits per heavy atom. The fourth-order valence-electron chi connectivity index (χ4n) is 1.87. The van der Waals surface area contributed by atoms with Crippen LogP contribution in [0.1, 0.15) is 25.3 Å². The van der Waals surface area contributed by atoms with Crippen LogP contribution in [-0.2, 0) is 16.1 Å². The Kier molecular flexibility index (Phi) is 6.48. The molecule has 0 radical (unpaired) electrons. The molecule has 2 amide bonds. The zero-order valence-corrected chi connectivity index (χ0v) is 12.2. The molecule has 0 bridgehead atoms. The maximum atomic E-state index is 11.6. The minimum atomic E-state index is -0.419. The number of aromatic hydroxyl groups is 1. The Labute approximate surface area is 123 Å². The lowest BCUT2D eigenvalue weighted by Crippen LogP contribution is -2.37. The molecule has 0 aromatic heterocycles. The highest BCUT2D eigenvalue weighted by atomic mass is 16.5. The molecule has 1 aromatic rings. The second-order valence-corrected chi connectivity index (χ2v) is 4.89. The van der Waals surface area contributed by atoms with Crippen molar-refractivity contribution in [2.75, 3.05) is 7.11 Å². The topological polar surface area (TPSA) is 114 Å². The summed E-state index contributed by atoms with van der Waals surface area (Å²) in [6, 6.07) is 4.96. The molecule has 116 valence electrons. The largest absolute Gasteiger partial charge is 0.504 e. The Morgan fingerprint density at radius 3 is 2.67 bits per heavy atom. The number of benzene rings is 1. The first kappa shape index (κ1) is 16.8. The summed E-state index contributed by atoms with van der Waals surface area (Å²) >= 11 is 0. The number of ether oxygens (including phenoxy) is 1. The Hall–Kier alpha value is -2.28. The molecule has 0 aliphatic heterocycles. The molecular weight excluding hydrogens is 274 g/mol. The van der Waals surface area contributed by atoms with E-state index in [4.69, 9.17) is 10.5 Å². The zero-order chi connectivity index (χ0) is 15.8. The summed E-state index contributed by atoms with van der Waals surface area (Å²) in [5.74, 6) is -0.311. The molecule has 7 nitrogen and oxygen atoms in total. The summed E-state index contributed by atoms with van der Waals surface area (Å²) < 4.78 is 4.94. The first-order chi connectivity index (χ1) is 9.92. The second kappa shape index (κ2) is 8.11. The Morgan fingerprint density at radius 2 is 2.10 bits per heavy atom. The SMILES string of the molecule is COc1ccc(CNNC(=O)C[C@H](C)CC(N)=O)cc1O. The number of nitrogens with one attached hydrogen (secondary N) is 2. The molecule has 0 aliphatic carbocycles. The zero-order valence-electron chi connectivity index (χ0n) is 12.2. The highest BCUT2D eigenvalue weighted by Crippen LogP contribution is 2.25. The molecule has 0 saturated heterocycles. The van der Waals surface area contributed by atoms with Gasteiger partial charge in [0.1, 0.15) is 0 Å². The maximum absolute atomic E-state index is 11.6. The van der Waals surface area contributed by atoms with Crippen LogP contribution in [-0.4, -0.2) is 24.0 Å². The molecular formula is C14H21N3O4. The van der Waals surface area contributed by atoms with Gasteiger partial charge in [-0.2, -0.15) is 0 Å². The summed E-state index contributed by atoms with van der Waals surface area (Å²) in [7, 11) is 1.47. The first-order valence-electron chi connectivity index (χ1n) is 6.58. The molecule has 21 heavy (non-hydrogen) atoms. The van der Waals surface area contributed by atoms with E-state index >= 15 is 0 Å². The monoisotopic (exact) mass is 295 g/mol. The Bertz CT molecular complexity index is 505. The van der Waals surface area contributed by atoms with Crippen molar-refractivity contribution in [3.05, 3.63) is 23.8 Å². The van der Waals surface area contributed by atoms with E-state index in [0.29, 0.717) is 12.3 Å². The summed E-state index contributed by atoms with van der Waals surface area (Å²) in [6.45, 7) is 2.14. The summed E-state index contributed by atoms with van der Waals surface area (Å²) in [6.07, 6.45) is 0.392. The van der Waals surface area contributed by atoms with E-state index in [-0.39, 0.29) is 30.4 Å². The molecule has 0 aliphatic rings. The molecule has 0 unspecified atom stereocenters. The van der Waals surface area contributed by atoms with E-state index in [1.165, 1.54) is 7.11 Å². The van der Waals surface area contributed by atoms with Gasteiger partial charge in [-0.1, -0.05) is 13.0 Å². The van der Waals surface area contributed by atoms with Crippen LogP contribution in [0.4, 0.5) is 0 Å². The number of hydrogen-bond acceptors (Lipinski definition) is 5. The smallest absolute Gasteiger partial charge is 0.234 e. The van der Waals surface area contributed by atoms with E-state index in [1.807, 2.05) is 0 Å². The fourth-order valence-corrected chi connectivity index (χ4v) is 1.87. The first-order valence-corrected chi connectivity index (χ1v) is 6.58. The van der Waals surface area contributed by atoms with Crippen molar-refractivity contribution in [1.29, 1.82) is 0 Å². The average Bonchev–Trinajstić information content (AvgIpc) is 2.37. The number of phenolic OH excluding ortho intramolecular Hbond substituents is 1. The van der Waals surface area contributed by atoms with Gasteiger partial charge in [-0.25, -0.2) is 5.43 Å². The molecule has 5 N–H and O–H groups in total.